The van der Waals surface area contributed by atoms with E-state index in [0.29, 0.717) is 19.8 Å². The summed E-state index contributed by atoms with van der Waals surface area (Å²) in [5, 5.41) is 3.15. The highest BCUT2D eigenvalue weighted by Crippen LogP contribution is 2.28. The van der Waals surface area contributed by atoms with E-state index in [-0.39, 0.29) is 12.4 Å². The molecule has 0 amide bonds. The lowest BCUT2D eigenvalue weighted by atomic mass is 10.2. The fraction of sp³-hybridized carbons (Fsp3) is 0.467. The fourth-order valence-electron chi connectivity index (χ4n) is 1.54. The van der Waals surface area contributed by atoms with E-state index in [4.69, 9.17) is 15.9 Å². The van der Waals surface area contributed by atoms with Gasteiger partial charge in [-0.1, -0.05) is 18.9 Å². The quantitative estimate of drug-likeness (QED) is 0.588. The van der Waals surface area contributed by atoms with Crippen LogP contribution in [0.3, 0.4) is 0 Å². The summed E-state index contributed by atoms with van der Waals surface area (Å²) in [6.07, 6.45) is 6.18. The Morgan fingerprint density at radius 1 is 1.21 bits per heavy atom. The van der Waals surface area contributed by atoms with E-state index in [2.05, 4.69) is 18.2 Å². The normalized spacial score (nSPS) is 9.32. The van der Waals surface area contributed by atoms with Crippen LogP contribution in [-0.2, 0) is 6.54 Å². The SMILES string of the molecule is C#CCNCc1ccc(OCCC)c(OCC)c1.Cl. The second kappa shape index (κ2) is 10.5. The Bertz CT molecular complexity index is 402. The highest BCUT2D eigenvalue weighted by Gasteiger charge is 2.06. The molecule has 3 nitrogen and oxygen atoms in total. The maximum absolute atomic E-state index is 5.64. The minimum Gasteiger partial charge on any atom is -0.490 e. The molecule has 0 fully saturated rings. The third-order valence-corrected chi connectivity index (χ3v) is 2.33. The van der Waals surface area contributed by atoms with Crippen molar-refractivity contribution in [3.63, 3.8) is 0 Å². The molecule has 0 heterocycles. The second-order valence-corrected chi connectivity index (χ2v) is 3.87. The summed E-state index contributed by atoms with van der Waals surface area (Å²) in [6, 6.07) is 5.97. The van der Waals surface area contributed by atoms with Gasteiger partial charge in [-0.2, -0.15) is 0 Å². The number of nitrogens with one attached hydrogen (secondary N) is 1. The number of hydrogen-bond acceptors (Lipinski definition) is 3. The van der Waals surface area contributed by atoms with Gasteiger partial charge in [0.2, 0.25) is 0 Å². The van der Waals surface area contributed by atoms with Crippen LogP contribution >= 0.6 is 12.4 Å². The first-order valence-electron chi connectivity index (χ1n) is 6.34. The van der Waals surface area contributed by atoms with Crippen LogP contribution in [0.2, 0.25) is 0 Å². The number of hydrogen-bond donors (Lipinski definition) is 1. The van der Waals surface area contributed by atoms with Crippen LogP contribution < -0.4 is 14.8 Å². The van der Waals surface area contributed by atoms with Crippen molar-refractivity contribution < 1.29 is 9.47 Å². The molecule has 0 aliphatic rings. The summed E-state index contributed by atoms with van der Waals surface area (Å²) < 4.78 is 11.2. The molecule has 1 aromatic rings. The predicted molar refractivity (Wildman–Crippen MR) is 81.2 cm³/mol. The van der Waals surface area contributed by atoms with Gasteiger partial charge in [0.05, 0.1) is 19.8 Å². The molecule has 0 spiro atoms. The molecule has 0 atom stereocenters. The van der Waals surface area contributed by atoms with E-state index in [9.17, 15) is 0 Å². The smallest absolute Gasteiger partial charge is 0.161 e. The number of benzene rings is 1. The minimum absolute atomic E-state index is 0. The lowest BCUT2D eigenvalue weighted by Crippen LogP contribution is -2.13. The average Bonchev–Trinajstić information content (AvgIpc) is 2.38. The molecular formula is C15H22ClNO2. The third-order valence-electron chi connectivity index (χ3n) is 2.33. The van der Waals surface area contributed by atoms with E-state index in [1.807, 2.05) is 25.1 Å². The van der Waals surface area contributed by atoms with E-state index in [0.717, 1.165) is 30.0 Å². The van der Waals surface area contributed by atoms with Gasteiger partial charge < -0.3 is 14.8 Å². The molecule has 19 heavy (non-hydrogen) atoms. The number of ether oxygens (including phenoxy) is 2. The fourth-order valence-corrected chi connectivity index (χ4v) is 1.54. The molecule has 4 heteroatoms. The van der Waals surface area contributed by atoms with Crippen LogP contribution in [0.5, 0.6) is 11.5 Å². The summed E-state index contributed by atoms with van der Waals surface area (Å²) in [5.41, 5.74) is 1.14. The number of terminal acetylenes is 1. The largest absolute Gasteiger partial charge is 0.490 e. The minimum atomic E-state index is 0. The molecule has 1 N–H and O–H groups in total. The molecular weight excluding hydrogens is 262 g/mol. The van der Waals surface area contributed by atoms with Gasteiger partial charge in [0.15, 0.2) is 11.5 Å². The van der Waals surface area contributed by atoms with Gasteiger partial charge in [-0.25, -0.2) is 0 Å². The first kappa shape index (κ1) is 17.6. The Hall–Kier alpha value is -1.37. The first-order chi connectivity index (χ1) is 8.81. The molecule has 1 aromatic carbocycles. The van der Waals surface area contributed by atoms with Crippen molar-refractivity contribution in [2.24, 2.45) is 0 Å². The Balaban J connectivity index is 0.00000324. The van der Waals surface area contributed by atoms with Crippen LogP contribution in [0, 0.1) is 12.3 Å². The van der Waals surface area contributed by atoms with Crippen molar-refractivity contribution in [1.82, 2.24) is 5.32 Å². The zero-order chi connectivity index (χ0) is 13.2. The molecule has 0 aromatic heterocycles. The van der Waals surface area contributed by atoms with Gasteiger partial charge in [0, 0.05) is 6.54 Å². The van der Waals surface area contributed by atoms with Crippen molar-refractivity contribution in [3.8, 4) is 23.8 Å². The van der Waals surface area contributed by atoms with Crippen LogP contribution in [-0.4, -0.2) is 19.8 Å². The topological polar surface area (TPSA) is 30.5 Å². The lowest BCUT2D eigenvalue weighted by Gasteiger charge is -2.13. The maximum Gasteiger partial charge on any atom is 0.161 e. The van der Waals surface area contributed by atoms with Gasteiger partial charge in [0.1, 0.15) is 0 Å². The second-order valence-electron chi connectivity index (χ2n) is 3.87. The Kier molecular flexibility index (Phi) is 9.78. The van der Waals surface area contributed by atoms with Gasteiger partial charge in [-0.3, -0.25) is 0 Å². The number of rotatable bonds is 8. The van der Waals surface area contributed by atoms with E-state index >= 15 is 0 Å². The van der Waals surface area contributed by atoms with Gasteiger partial charge in [-0.05, 0) is 31.0 Å². The highest BCUT2D eigenvalue weighted by molar-refractivity contribution is 5.85. The predicted octanol–water partition coefficient (Wildman–Crippen LogP) is 3.02. The molecule has 0 aliphatic carbocycles. The van der Waals surface area contributed by atoms with Gasteiger partial charge >= 0.3 is 0 Å². The van der Waals surface area contributed by atoms with Crippen molar-refractivity contribution in [3.05, 3.63) is 23.8 Å². The summed E-state index contributed by atoms with van der Waals surface area (Å²) in [7, 11) is 0. The molecule has 0 saturated heterocycles. The van der Waals surface area contributed by atoms with Crippen molar-refractivity contribution in [1.29, 1.82) is 0 Å². The van der Waals surface area contributed by atoms with Crippen LogP contribution in [0.25, 0.3) is 0 Å². The summed E-state index contributed by atoms with van der Waals surface area (Å²) in [4.78, 5) is 0. The molecule has 106 valence electrons. The Morgan fingerprint density at radius 3 is 2.63 bits per heavy atom. The first-order valence-corrected chi connectivity index (χ1v) is 6.34. The third kappa shape index (κ3) is 6.37. The van der Waals surface area contributed by atoms with E-state index in [1.54, 1.807) is 0 Å². The average molecular weight is 284 g/mol. The van der Waals surface area contributed by atoms with Crippen molar-refractivity contribution >= 4 is 12.4 Å². The van der Waals surface area contributed by atoms with Crippen molar-refractivity contribution in [2.45, 2.75) is 26.8 Å². The van der Waals surface area contributed by atoms with Gasteiger partial charge in [0.25, 0.3) is 0 Å². The molecule has 0 radical (unpaired) electrons. The Labute approximate surface area is 122 Å². The molecule has 1 rings (SSSR count). The highest BCUT2D eigenvalue weighted by atomic mass is 35.5. The molecule has 0 aliphatic heterocycles. The number of halogens is 1. The molecule has 0 bridgehead atoms. The molecule has 0 unspecified atom stereocenters. The Morgan fingerprint density at radius 2 is 2.00 bits per heavy atom. The van der Waals surface area contributed by atoms with E-state index in [1.165, 1.54) is 0 Å². The monoisotopic (exact) mass is 283 g/mol. The van der Waals surface area contributed by atoms with Gasteiger partial charge in [-0.15, -0.1) is 18.8 Å². The van der Waals surface area contributed by atoms with Crippen LogP contribution in [0.4, 0.5) is 0 Å². The van der Waals surface area contributed by atoms with Crippen LogP contribution in [0.1, 0.15) is 25.8 Å². The van der Waals surface area contributed by atoms with Crippen molar-refractivity contribution in [2.75, 3.05) is 19.8 Å². The standard InChI is InChI=1S/C15H21NO2.ClH/c1-4-9-16-12-13-7-8-14(18-10-5-2)15(11-13)17-6-3;/h1,7-8,11,16H,5-6,9-10,12H2,2-3H3;1H. The summed E-state index contributed by atoms with van der Waals surface area (Å²) in [5.74, 6) is 4.15. The summed E-state index contributed by atoms with van der Waals surface area (Å²) >= 11 is 0. The summed E-state index contributed by atoms with van der Waals surface area (Å²) in [6.45, 7) is 6.68. The maximum atomic E-state index is 5.64. The zero-order valence-corrected chi connectivity index (χ0v) is 12.4. The lowest BCUT2D eigenvalue weighted by molar-refractivity contribution is 0.276. The molecule has 0 saturated carbocycles. The van der Waals surface area contributed by atoms with E-state index < -0.39 is 0 Å². The zero-order valence-electron chi connectivity index (χ0n) is 11.6. The van der Waals surface area contributed by atoms with Crippen LogP contribution in [0.15, 0.2) is 18.2 Å².